The van der Waals surface area contributed by atoms with E-state index in [1.54, 1.807) is 12.1 Å². The highest BCUT2D eigenvalue weighted by Crippen LogP contribution is 2.40. The van der Waals surface area contributed by atoms with E-state index in [9.17, 15) is 8.42 Å². The van der Waals surface area contributed by atoms with Gasteiger partial charge in [-0.2, -0.15) is 0 Å². The first-order valence-corrected chi connectivity index (χ1v) is 10.4. The van der Waals surface area contributed by atoms with Gasteiger partial charge in [0.25, 0.3) is 10.0 Å². The minimum atomic E-state index is -3.78. The summed E-state index contributed by atoms with van der Waals surface area (Å²) in [6.45, 7) is 8.39. The van der Waals surface area contributed by atoms with E-state index in [1.807, 2.05) is 52.0 Å². The monoisotopic (exact) mass is 375 g/mol. The van der Waals surface area contributed by atoms with Gasteiger partial charge in [-0.15, -0.1) is 0 Å². The van der Waals surface area contributed by atoms with E-state index in [0.717, 1.165) is 16.8 Å². The van der Waals surface area contributed by atoms with Crippen LogP contribution in [0.25, 0.3) is 0 Å². The molecule has 0 aromatic heterocycles. The van der Waals surface area contributed by atoms with E-state index in [-0.39, 0.29) is 10.9 Å². The summed E-state index contributed by atoms with van der Waals surface area (Å²) in [5.41, 5.74) is 2.63. The maximum Gasteiger partial charge on any atom is 0.268 e. The average Bonchev–Trinajstić information content (AvgIpc) is 2.93. The van der Waals surface area contributed by atoms with Crippen molar-refractivity contribution < 1.29 is 17.9 Å². The van der Waals surface area contributed by atoms with Crippen molar-refractivity contribution in [3.8, 4) is 11.5 Å². The molecule has 2 aromatic carbocycles. The molecule has 0 saturated carbocycles. The smallest absolute Gasteiger partial charge is 0.268 e. The van der Waals surface area contributed by atoms with E-state index in [4.69, 9.17) is 9.47 Å². The van der Waals surface area contributed by atoms with E-state index in [1.165, 1.54) is 4.31 Å². The fourth-order valence-corrected chi connectivity index (χ4v) is 5.26. The number of ether oxygens (including phenoxy) is 2. The summed E-state index contributed by atoms with van der Waals surface area (Å²) in [6.07, 6.45) is 0.698. The zero-order valence-electron chi connectivity index (χ0n) is 15.7. The molecule has 0 fully saturated rings. The highest BCUT2D eigenvalue weighted by atomic mass is 32.2. The number of fused-ring (bicyclic) bond motifs is 1. The summed E-state index contributed by atoms with van der Waals surface area (Å²) in [4.78, 5) is 0.150. The van der Waals surface area contributed by atoms with Crippen LogP contribution in [0.4, 0.5) is 5.69 Å². The molecule has 0 spiro atoms. The fraction of sp³-hybridized carbons (Fsp3) is 0.400. The Kier molecular flexibility index (Phi) is 5.14. The Morgan fingerprint density at radius 3 is 2.42 bits per heavy atom. The highest BCUT2D eigenvalue weighted by Gasteiger charge is 2.37. The second-order valence-corrected chi connectivity index (χ2v) is 8.20. The Morgan fingerprint density at radius 1 is 1.08 bits per heavy atom. The lowest BCUT2D eigenvalue weighted by Crippen LogP contribution is -2.36. The molecule has 3 rings (SSSR count). The van der Waals surface area contributed by atoms with Gasteiger partial charge in [-0.1, -0.05) is 18.2 Å². The Morgan fingerprint density at radius 2 is 1.73 bits per heavy atom. The number of sulfonamides is 1. The maximum absolute atomic E-state index is 13.6. The minimum absolute atomic E-state index is 0.149. The first-order valence-electron chi connectivity index (χ1n) is 8.92. The Balaban J connectivity index is 2.16. The predicted octanol–water partition coefficient (Wildman–Crippen LogP) is 3.93. The quantitative estimate of drug-likeness (QED) is 0.768. The number of anilines is 1. The SMILES string of the molecule is CCOc1cc(S(=O)(=O)N2c3ccccc3C[C@@H]2C)c(OCC)cc1C. The minimum Gasteiger partial charge on any atom is -0.494 e. The number of hydrogen-bond acceptors (Lipinski definition) is 4. The van der Waals surface area contributed by atoms with Crippen molar-refractivity contribution in [2.45, 2.75) is 45.1 Å². The van der Waals surface area contributed by atoms with Gasteiger partial charge in [0.2, 0.25) is 0 Å². The molecule has 0 radical (unpaired) electrons. The van der Waals surface area contributed by atoms with Crippen molar-refractivity contribution >= 4 is 15.7 Å². The topological polar surface area (TPSA) is 55.8 Å². The van der Waals surface area contributed by atoms with Gasteiger partial charge in [-0.3, -0.25) is 4.31 Å². The lowest BCUT2D eigenvalue weighted by Gasteiger charge is -2.26. The molecule has 0 saturated heterocycles. The lowest BCUT2D eigenvalue weighted by molar-refractivity contribution is 0.320. The Bertz CT molecular complexity index is 908. The van der Waals surface area contributed by atoms with Crippen LogP contribution in [0, 0.1) is 6.92 Å². The van der Waals surface area contributed by atoms with Gasteiger partial charge in [0.15, 0.2) is 0 Å². The first-order chi connectivity index (χ1) is 12.4. The van der Waals surface area contributed by atoms with Gasteiger partial charge >= 0.3 is 0 Å². The second kappa shape index (κ2) is 7.19. The molecular weight excluding hydrogens is 350 g/mol. The highest BCUT2D eigenvalue weighted by molar-refractivity contribution is 7.93. The van der Waals surface area contributed by atoms with Gasteiger partial charge in [0.05, 0.1) is 18.9 Å². The summed E-state index contributed by atoms with van der Waals surface area (Å²) in [5.74, 6) is 0.930. The molecule has 1 heterocycles. The molecule has 1 atom stereocenters. The van der Waals surface area contributed by atoms with E-state index in [0.29, 0.717) is 31.1 Å². The van der Waals surface area contributed by atoms with Crippen LogP contribution in [0.5, 0.6) is 11.5 Å². The van der Waals surface area contributed by atoms with E-state index in [2.05, 4.69) is 0 Å². The third-order valence-corrected chi connectivity index (χ3v) is 6.47. The fourth-order valence-electron chi connectivity index (χ4n) is 3.43. The molecule has 0 amide bonds. The van der Waals surface area contributed by atoms with Gasteiger partial charge in [0, 0.05) is 12.1 Å². The summed E-state index contributed by atoms with van der Waals surface area (Å²) in [6, 6.07) is 10.8. The molecule has 6 heteroatoms. The molecule has 0 bridgehead atoms. The summed E-state index contributed by atoms with van der Waals surface area (Å²) >= 11 is 0. The van der Waals surface area contributed by atoms with Crippen molar-refractivity contribution in [1.29, 1.82) is 0 Å². The van der Waals surface area contributed by atoms with Crippen molar-refractivity contribution in [1.82, 2.24) is 0 Å². The molecule has 0 unspecified atom stereocenters. The Hall–Kier alpha value is -2.21. The first kappa shape index (κ1) is 18.6. The number of benzene rings is 2. The van der Waals surface area contributed by atoms with Gasteiger partial charge in [-0.05, 0) is 57.4 Å². The van der Waals surface area contributed by atoms with Crippen LogP contribution < -0.4 is 13.8 Å². The van der Waals surface area contributed by atoms with Crippen molar-refractivity contribution in [2.24, 2.45) is 0 Å². The van der Waals surface area contributed by atoms with Crippen LogP contribution in [0.3, 0.4) is 0 Å². The molecule has 0 aliphatic carbocycles. The van der Waals surface area contributed by atoms with Crippen LogP contribution >= 0.6 is 0 Å². The van der Waals surface area contributed by atoms with Crippen LogP contribution in [0.1, 0.15) is 31.9 Å². The number of rotatable bonds is 6. The van der Waals surface area contributed by atoms with E-state index >= 15 is 0 Å². The third kappa shape index (κ3) is 3.14. The number of nitrogens with zero attached hydrogens (tertiary/aromatic N) is 1. The summed E-state index contributed by atoms with van der Waals surface area (Å²) < 4.78 is 39.9. The third-order valence-electron chi connectivity index (χ3n) is 4.52. The Labute approximate surface area is 155 Å². The molecule has 2 aromatic rings. The van der Waals surface area contributed by atoms with Crippen molar-refractivity contribution in [3.63, 3.8) is 0 Å². The second-order valence-electron chi connectivity index (χ2n) is 6.41. The normalized spacial score (nSPS) is 16.5. The zero-order valence-corrected chi connectivity index (χ0v) is 16.5. The zero-order chi connectivity index (χ0) is 18.9. The van der Waals surface area contributed by atoms with E-state index < -0.39 is 10.0 Å². The predicted molar refractivity (Wildman–Crippen MR) is 103 cm³/mol. The van der Waals surface area contributed by atoms with Crippen LogP contribution in [-0.4, -0.2) is 27.7 Å². The van der Waals surface area contributed by atoms with Gasteiger partial charge < -0.3 is 9.47 Å². The molecule has 0 N–H and O–H groups in total. The number of hydrogen-bond donors (Lipinski definition) is 0. The van der Waals surface area contributed by atoms with Crippen molar-refractivity contribution in [3.05, 3.63) is 47.5 Å². The lowest BCUT2D eigenvalue weighted by atomic mass is 10.1. The molecular formula is C20H25NO4S. The van der Waals surface area contributed by atoms with Crippen LogP contribution in [-0.2, 0) is 16.4 Å². The molecule has 5 nitrogen and oxygen atoms in total. The average molecular weight is 375 g/mol. The van der Waals surface area contributed by atoms with Crippen molar-refractivity contribution in [2.75, 3.05) is 17.5 Å². The van der Waals surface area contributed by atoms with Gasteiger partial charge in [0.1, 0.15) is 16.4 Å². The van der Waals surface area contributed by atoms with Crippen LogP contribution in [0.15, 0.2) is 41.3 Å². The maximum atomic E-state index is 13.6. The van der Waals surface area contributed by atoms with Gasteiger partial charge in [-0.25, -0.2) is 8.42 Å². The molecule has 1 aliphatic heterocycles. The summed E-state index contributed by atoms with van der Waals surface area (Å²) in [7, 11) is -3.78. The van der Waals surface area contributed by atoms with Crippen LogP contribution in [0.2, 0.25) is 0 Å². The largest absolute Gasteiger partial charge is 0.494 e. The molecule has 140 valence electrons. The summed E-state index contributed by atoms with van der Waals surface area (Å²) in [5, 5.41) is 0. The molecule has 26 heavy (non-hydrogen) atoms. The molecule has 1 aliphatic rings. The number of aryl methyl sites for hydroxylation is 1. The number of para-hydroxylation sites is 1. The standard InChI is InChI=1S/C20H25NO4S/c1-5-24-18-13-20(19(25-6-2)11-14(18)3)26(22,23)21-15(4)12-16-9-7-8-10-17(16)21/h7-11,13,15H,5-6,12H2,1-4H3/t15-/m0/s1.